The number of hydrogen-bond acceptors (Lipinski definition) is 5. The van der Waals surface area contributed by atoms with E-state index >= 15 is 0 Å². The summed E-state index contributed by atoms with van der Waals surface area (Å²) in [6, 6.07) is 24.6. The van der Waals surface area contributed by atoms with E-state index < -0.39 is 12.1 Å². The second-order valence-corrected chi connectivity index (χ2v) is 8.64. The van der Waals surface area contributed by atoms with Gasteiger partial charge in [-0.15, -0.1) is 0 Å². The molecule has 2 atom stereocenters. The lowest BCUT2D eigenvalue weighted by Gasteiger charge is -2.24. The van der Waals surface area contributed by atoms with Crippen LogP contribution >= 0.6 is 0 Å². The lowest BCUT2D eigenvalue weighted by atomic mass is 9.92. The van der Waals surface area contributed by atoms with Gasteiger partial charge in [-0.05, 0) is 48.2 Å². The Hall–Kier alpha value is -4.10. The molecule has 1 aromatic heterocycles. The highest BCUT2D eigenvalue weighted by Gasteiger charge is 2.28. The van der Waals surface area contributed by atoms with Crippen molar-refractivity contribution >= 4 is 22.6 Å². The van der Waals surface area contributed by atoms with Crippen LogP contribution in [0, 0.1) is 5.92 Å². The summed E-state index contributed by atoms with van der Waals surface area (Å²) in [6.45, 7) is -0.137. The van der Waals surface area contributed by atoms with E-state index in [2.05, 4.69) is 10.3 Å². The molecule has 0 saturated carbocycles. The molecule has 4 aromatic rings. The summed E-state index contributed by atoms with van der Waals surface area (Å²) in [6.07, 6.45) is 2.12. The number of methoxy groups -OCH3 is 1. The Morgan fingerprint density at radius 2 is 1.67 bits per heavy atom. The molecule has 0 fully saturated rings. The molecule has 7 nitrogen and oxygen atoms in total. The van der Waals surface area contributed by atoms with Crippen LogP contribution in [0.2, 0.25) is 0 Å². The number of H-pyrrole nitrogens is 1. The van der Waals surface area contributed by atoms with Crippen molar-refractivity contribution in [3.8, 4) is 11.5 Å². The highest BCUT2D eigenvalue weighted by Crippen LogP contribution is 2.23. The van der Waals surface area contributed by atoms with Gasteiger partial charge >= 0.3 is 0 Å². The Labute approximate surface area is 210 Å². The van der Waals surface area contributed by atoms with Crippen molar-refractivity contribution in [3.63, 3.8) is 0 Å². The van der Waals surface area contributed by atoms with Gasteiger partial charge in [0.2, 0.25) is 5.91 Å². The maximum atomic E-state index is 13.3. The van der Waals surface area contributed by atoms with Gasteiger partial charge in [-0.1, -0.05) is 54.6 Å². The highest BCUT2D eigenvalue weighted by molar-refractivity contribution is 5.87. The molecule has 1 amide bonds. The number of benzene rings is 3. The van der Waals surface area contributed by atoms with Crippen molar-refractivity contribution < 1.29 is 19.1 Å². The molecule has 0 aliphatic heterocycles. The Bertz CT molecular complexity index is 1300. The number of hydrogen-bond donors (Lipinski definition) is 3. The number of carbonyl (C=O) groups is 2. The number of para-hydroxylation sites is 3. The van der Waals surface area contributed by atoms with Gasteiger partial charge < -0.3 is 25.5 Å². The monoisotopic (exact) mass is 485 g/mol. The second kappa shape index (κ2) is 12.0. The number of ether oxygens (including phenoxy) is 2. The van der Waals surface area contributed by atoms with Crippen molar-refractivity contribution in [1.29, 1.82) is 0 Å². The number of aromatic nitrogens is 1. The van der Waals surface area contributed by atoms with E-state index in [1.54, 1.807) is 19.2 Å². The largest absolute Gasteiger partial charge is 0.496 e. The molecular weight excluding hydrogens is 454 g/mol. The van der Waals surface area contributed by atoms with Crippen molar-refractivity contribution in [1.82, 2.24) is 10.3 Å². The number of carbonyl (C=O) groups excluding carboxylic acids is 2. The lowest BCUT2D eigenvalue weighted by Crippen LogP contribution is -2.51. The minimum absolute atomic E-state index is 0.137. The predicted molar refractivity (Wildman–Crippen MR) is 140 cm³/mol. The fourth-order valence-electron chi connectivity index (χ4n) is 4.27. The number of nitrogens with two attached hydrogens (primary N) is 1. The third kappa shape index (κ3) is 6.31. The number of Topliss-reactive ketones (excluding diaryl/α,β-unsaturated/α-hetero) is 1. The normalized spacial score (nSPS) is 12.6. The molecular formula is C29H31N3O4. The molecule has 1 heterocycles. The number of ketones is 1. The fourth-order valence-corrected chi connectivity index (χ4v) is 4.27. The zero-order valence-corrected chi connectivity index (χ0v) is 20.3. The molecule has 0 aliphatic carbocycles. The number of aryl methyl sites for hydroxylation is 1. The molecule has 0 bridgehead atoms. The van der Waals surface area contributed by atoms with E-state index in [1.165, 1.54) is 0 Å². The molecule has 0 saturated heterocycles. The van der Waals surface area contributed by atoms with Gasteiger partial charge in [-0.25, -0.2) is 0 Å². The van der Waals surface area contributed by atoms with Gasteiger partial charge in [0.15, 0.2) is 5.78 Å². The van der Waals surface area contributed by atoms with E-state index in [-0.39, 0.29) is 24.7 Å². The van der Waals surface area contributed by atoms with E-state index in [4.69, 9.17) is 15.2 Å². The van der Waals surface area contributed by atoms with E-state index in [1.807, 2.05) is 72.9 Å². The van der Waals surface area contributed by atoms with E-state index in [0.717, 1.165) is 27.8 Å². The Balaban J connectivity index is 1.45. The summed E-state index contributed by atoms with van der Waals surface area (Å²) in [5.74, 6) is 0.269. The number of nitrogens with one attached hydrogen (secondary N) is 2. The van der Waals surface area contributed by atoms with Crippen LogP contribution in [0.4, 0.5) is 0 Å². The van der Waals surface area contributed by atoms with Crippen LogP contribution < -0.4 is 20.5 Å². The summed E-state index contributed by atoms with van der Waals surface area (Å²) in [5.41, 5.74) is 9.31. The maximum Gasteiger partial charge on any atom is 0.221 e. The lowest BCUT2D eigenvalue weighted by molar-refractivity contribution is -0.127. The summed E-state index contributed by atoms with van der Waals surface area (Å²) < 4.78 is 11.1. The molecule has 36 heavy (non-hydrogen) atoms. The summed E-state index contributed by atoms with van der Waals surface area (Å²) >= 11 is 0. The molecule has 186 valence electrons. The van der Waals surface area contributed by atoms with Crippen LogP contribution in [-0.4, -0.2) is 36.6 Å². The quantitative estimate of drug-likeness (QED) is 0.263. The summed E-state index contributed by atoms with van der Waals surface area (Å²) in [4.78, 5) is 29.3. The van der Waals surface area contributed by atoms with Crippen LogP contribution in [0.25, 0.3) is 10.9 Å². The first kappa shape index (κ1) is 25.0. The standard InChI is InChI=1S/C29H31N3O4/c1-35-27-14-8-5-9-20(27)15-16-28(34)32-29(30)24(26(33)19-36-22-10-3-2-4-11-22)17-21-18-31-25-13-7-6-12-23(21)25/h2-14,18,24,29,31H,15-17,19,30H2,1H3,(H,32,34)/t24?,29-/m1/s1. The number of amides is 1. The molecule has 0 spiro atoms. The van der Waals surface area contributed by atoms with Gasteiger partial charge in [0.25, 0.3) is 0 Å². The fraction of sp³-hybridized carbons (Fsp3) is 0.241. The first-order valence-electron chi connectivity index (χ1n) is 12.0. The van der Waals surface area contributed by atoms with Crippen LogP contribution in [0.5, 0.6) is 11.5 Å². The Morgan fingerprint density at radius 1 is 0.944 bits per heavy atom. The molecule has 0 radical (unpaired) electrons. The number of aromatic amines is 1. The predicted octanol–water partition coefficient (Wildman–Crippen LogP) is 4.02. The second-order valence-electron chi connectivity index (χ2n) is 8.64. The van der Waals surface area contributed by atoms with Gasteiger partial charge in [-0.2, -0.15) is 0 Å². The van der Waals surface area contributed by atoms with Crippen LogP contribution in [0.3, 0.4) is 0 Å². The topological polar surface area (TPSA) is 106 Å². The first-order valence-corrected chi connectivity index (χ1v) is 12.0. The van der Waals surface area contributed by atoms with Crippen LogP contribution in [0.15, 0.2) is 85.1 Å². The van der Waals surface area contributed by atoms with Crippen LogP contribution in [0.1, 0.15) is 17.5 Å². The third-order valence-corrected chi connectivity index (χ3v) is 6.23. The smallest absolute Gasteiger partial charge is 0.221 e. The number of rotatable bonds is 12. The average Bonchev–Trinajstić information content (AvgIpc) is 3.32. The first-order chi connectivity index (χ1) is 17.5. The maximum absolute atomic E-state index is 13.3. The van der Waals surface area contributed by atoms with E-state index in [0.29, 0.717) is 18.6 Å². The zero-order valence-electron chi connectivity index (χ0n) is 20.3. The van der Waals surface area contributed by atoms with Gasteiger partial charge in [0.1, 0.15) is 18.1 Å². The number of fused-ring (bicyclic) bond motifs is 1. The Kier molecular flexibility index (Phi) is 8.36. The zero-order chi connectivity index (χ0) is 25.3. The van der Waals surface area contributed by atoms with Gasteiger partial charge in [-0.3, -0.25) is 9.59 Å². The molecule has 4 N–H and O–H groups in total. The summed E-state index contributed by atoms with van der Waals surface area (Å²) in [5, 5.41) is 3.86. The minimum Gasteiger partial charge on any atom is -0.496 e. The van der Waals surface area contributed by atoms with Gasteiger partial charge in [0, 0.05) is 23.5 Å². The molecule has 1 unspecified atom stereocenters. The van der Waals surface area contributed by atoms with Crippen LogP contribution in [-0.2, 0) is 22.4 Å². The van der Waals surface area contributed by atoms with Crippen molar-refractivity contribution in [2.24, 2.45) is 11.7 Å². The van der Waals surface area contributed by atoms with E-state index in [9.17, 15) is 9.59 Å². The molecule has 0 aliphatic rings. The molecule has 4 rings (SSSR count). The van der Waals surface area contributed by atoms with Crippen molar-refractivity contribution in [2.75, 3.05) is 13.7 Å². The summed E-state index contributed by atoms with van der Waals surface area (Å²) in [7, 11) is 1.60. The van der Waals surface area contributed by atoms with Crippen molar-refractivity contribution in [3.05, 3.63) is 96.2 Å². The third-order valence-electron chi connectivity index (χ3n) is 6.23. The Morgan fingerprint density at radius 3 is 2.47 bits per heavy atom. The van der Waals surface area contributed by atoms with Crippen molar-refractivity contribution in [2.45, 2.75) is 25.4 Å². The molecule has 7 heteroatoms. The highest BCUT2D eigenvalue weighted by atomic mass is 16.5. The molecule has 3 aromatic carbocycles. The SMILES string of the molecule is COc1ccccc1CCC(=O)N[C@@H](N)C(Cc1c[nH]c2ccccc12)C(=O)COc1ccccc1. The van der Waals surface area contributed by atoms with Gasteiger partial charge in [0.05, 0.1) is 19.2 Å². The minimum atomic E-state index is -0.865. The average molecular weight is 486 g/mol.